The van der Waals surface area contributed by atoms with Gasteiger partial charge in [0.15, 0.2) is 0 Å². The van der Waals surface area contributed by atoms with E-state index >= 15 is 0 Å². The maximum Gasteiger partial charge on any atom is 0.130 e. The summed E-state index contributed by atoms with van der Waals surface area (Å²) in [5.74, 6) is 0.952. The SMILES string of the molecule is CC[C@H](C)OCC1=CC=C(OCC(=N)c2ccccc2)CC1. The van der Waals surface area contributed by atoms with Crippen molar-refractivity contribution in [1.82, 2.24) is 0 Å². The molecular formula is C19H25NO2. The highest BCUT2D eigenvalue weighted by Gasteiger charge is 2.10. The van der Waals surface area contributed by atoms with Gasteiger partial charge in [0.25, 0.3) is 0 Å². The number of hydrogen-bond acceptors (Lipinski definition) is 3. The molecule has 0 bridgehead atoms. The molecule has 2 rings (SSSR count). The second-order valence-corrected chi connectivity index (χ2v) is 5.62. The molecule has 1 aliphatic rings. The fourth-order valence-electron chi connectivity index (χ4n) is 2.16. The lowest BCUT2D eigenvalue weighted by molar-refractivity contribution is 0.0789. The van der Waals surface area contributed by atoms with Crippen LogP contribution in [0.1, 0.15) is 38.7 Å². The first-order valence-corrected chi connectivity index (χ1v) is 7.95. The molecule has 1 atom stereocenters. The van der Waals surface area contributed by atoms with Crippen LogP contribution in [0, 0.1) is 5.41 Å². The predicted molar refractivity (Wildman–Crippen MR) is 90.3 cm³/mol. The van der Waals surface area contributed by atoms with Crippen molar-refractivity contribution in [2.75, 3.05) is 13.2 Å². The summed E-state index contributed by atoms with van der Waals surface area (Å²) < 4.78 is 11.5. The van der Waals surface area contributed by atoms with Crippen molar-refractivity contribution >= 4 is 5.71 Å². The maximum absolute atomic E-state index is 8.03. The van der Waals surface area contributed by atoms with Crippen LogP contribution in [0.5, 0.6) is 0 Å². The maximum atomic E-state index is 8.03. The second kappa shape index (κ2) is 8.54. The van der Waals surface area contributed by atoms with Gasteiger partial charge < -0.3 is 14.9 Å². The Morgan fingerprint density at radius 1 is 1.18 bits per heavy atom. The molecule has 1 N–H and O–H groups in total. The molecule has 1 aliphatic carbocycles. The van der Waals surface area contributed by atoms with Gasteiger partial charge in [-0.05, 0) is 37.0 Å². The van der Waals surface area contributed by atoms with Gasteiger partial charge >= 0.3 is 0 Å². The molecule has 0 aromatic heterocycles. The zero-order valence-corrected chi connectivity index (χ0v) is 13.5. The van der Waals surface area contributed by atoms with Crippen LogP contribution in [0.25, 0.3) is 0 Å². The van der Waals surface area contributed by atoms with Crippen molar-refractivity contribution in [1.29, 1.82) is 5.41 Å². The highest BCUT2D eigenvalue weighted by atomic mass is 16.5. The molecule has 0 heterocycles. The zero-order chi connectivity index (χ0) is 15.8. The summed E-state index contributed by atoms with van der Waals surface area (Å²) >= 11 is 0. The van der Waals surface area contributed by atoms with Gasteiger partial charge in [0.05, 0.1) is 24.2 Å². The Balaban J connectivity index is 1.79. The lowest BCUT2D eigenvalue weighted by Crippen LogP contribution is -2.12. The van der Waals surface area contributed by atoms with Gasteiger partial charge in [-0.2, -0.15) is 0 Å². The summed E-state index contributed by atoms with van der Waals surface area (Å²) in [5, 5.41) is 8.03. The Hall–Kier alpha value is -1.87. The smallest absolute Gasteiger partial charge is 0.130 e. The van der Waals surface area contributed by atoms with Crippen LogP contribution in [0.3, 0.4) is 0 Å². The van der Waals surface area contributed by atoms with Gasteiger partial charge in [0.1, 0.15) is 6.61 Å². The van der Waals surface area contributed by atoms with Crippen LogP contribution in [0.4, 0.5) is 0 Å². The molecule has 0 radical (unpaired) electrons. The van der Waals surface area contributed by atoms with Gasteiger partial charge in [-0.3, -0.25) is 0 Å². The monoisotopic (exact) mass is 299 g/mol. The van der Waals surface area contributed by atoms with Gasteiger partial charge in [-0.25, -0.2) is 0 Å². The Morgan fingerprint density at radius 3 is 2.59 bits per heavy atom. The van der Waals surface area contributed by atoms with Crippen molar-refractivity contribution in [2.45, 2.75) is 39.2 Å². The van der Waals surface area contributed by atoms with Crippen LogP contribution in [0.15, 0.2) is 53.8 Å². The van der Waals surface area contributed by atoms with Gasteiger partial charge in [0, 0.05) is 6.42 Å². The minimum Gasteiger partial charge on any atom is -0.492 e. The van der Waals surface area contributed by atoms with E-state index in [2.05, 4.69) is 19.9 Å². The highest BCUT2D eigenvalue weighted by molar-refractivity contribution is 5.99. The fourth-order valence-corrected chi connectivity index (χ4v) is 2.16. The van der Waals surface area contributed by atoms with Crippen LogP contribution in [-0.2, 0) is 9.47 Å². The molecule has 3 heteroatoms. The molecule has 0 saturated carbocycles. The van der Waals surface area contributed by atoms with Crippen molar-refractivity contribution in [3.8, 4) is 0 Å². The Morgan fingerprint density at radius 2 is 1.95 bits per heavy atom. The molecule has 0 aliphatic heterocycles. The normalized spacial score (nSPS) is 15.7. The number of hydrogen-bond donors (Lipinski definition) is 1. The van der Waals surface area contributed by atoms with E-state index < -0.39 is 0 Å². The first-order valence-electron chi connectivity index (χ1n) is 7.95. The third-order valence-corrected chi connectivity index (χ3v) is 3.85. The van der Waals surface area contributed by atoms with Crippen LogP contribution < -0.4 is 0 Å². The van der Waals surface area contributed by atoms with E-state index in [1.54, 1.807) is 0 Å². The second-order valence-electron chi connectivity index (χ2n) is 5.62. The number of benzene rings is 1. The Labute approximate surface area is 133 Å². The van der Waals surface area contributed by atoms with Crippen LogP contribution >= 0.6 is 0 Å². The van der Waals surface area contributed by atoms with Crippen LogP contribution in [-0.4, -0.2) is 25.0 Å². The lowest BCUT2D eigenvalue weighted by atomic mass is 10.0. The zero-order valence-electron chi connectivity index (χ0n) is 13.5. The third kappa shape index (κ3) is 5.15. The van der Waals surface area contributed by atoms with E-state index in [1.165, 1.54) is 5.57 Å². The number of allylic oxidation sites excluding steroid dienone is 3. The van der Waals surface area contributed by atoms with Crippen molar-refractivity contribution < 1.29 is 9.47 Å². The van der Waals surface area contributed by atoms with E-state index in [1.807, 2.05) is 36.4 Å². The molecule has 0 amide bonds. The standard InChI is InChI=1S/C19H25NO2/c1-3-15(2)21-13-16-9-11-18(12-10-16)22-14-19(20)17-7-5-4-6-8-17/h4-9,11,15,20H,3,10,12-14H2,1-2H3/t15-/m0/s1. The van der Waals surface area contributed by atoms with Gasteiger partial charge in [0.2, 0.25) is 0 Å². The molecule has 1 aromatic rings. The van der Waals surface area contributed by atoms with E-state index in [0.717, 1.165) is 30.6 Å². The third-order valence-electron chi connectivity index (χ3n) is 3.85. The first kappa shape index (κ1) is 16.5. The van der Waals surface area contributed by atoms with Crippen molar-refractivity contribution in [3.05, 3.63) is 59.4 Å². The Kier molecular flexibility index (Phi) is 6.41. The number of nitrogens with one attached hydrogen (secondary N) is 1. The van der Waals surface area contributed by atoms with Crippen molar-refractivity contribution in [2.24, 2.45) is 0 Å². The van der Waals surface area contributed by atoms with Gasteiger partial charge in [-0.1, -0.05) is 43.3 Å². The molecule has 0 spiro atoms. The molecule has 0 unspecified atom stereocenters. The van der Waals surface area contributed by atoms with Gasteiger partial charge in [-0.15, -0.1) is 0 Å². The number of rotatable bonds is 8. The first-order chi connectivity index (χ1) is 10.7. The fraction of sp³-hybridized carbons (Fsp3) is 0.421. The van der Waals surface area contributed by atoms with E-state index in [-0.39, 0.29) is 0 Å². The number of ether oxygens (including phenoxy) is 2. The summed E-state index contributed by atoms with van der Waals surface area (Å²) in [6, 6.07) is 9.71. The lowest BCUT2D eigenvalue weighted by Gasteiger charge is -2.18. The molecule has 22 heavy (non-hydrogen) atoms. The summed E-state index contributed by atoms with van der Waals surface area (Å²) in [4.78, 5) is 0. The van der Waals surface area contributed by atoms with E-state index in [9.17, 15) is 0 Å². The molecule has 3 nitrogen and oxygen atoms in total. The van der Waals surface area contributed by atoms with E-state index in [4.69, 9.17) is 14.9 Å². The minimum absolute atomic E-state index is 0.314. The Bertz CT molecular complexity index is 546. The average Bonchev–Trinajstić information content (AvgIpc) is 2.59. The minimum atomic E-state index is 0.314. The molecule has 0 fully saturated rings. The topological polar surface area (TPSA) is 42.3 Å². The predicted octanol–water partition coefficient (Wildman–Crippen LogP) is 4.49. The molecule has 0 saturated heterocycles. The summed E-state index contributed by atoms with van der Waals surface area (Å²) in [6.45, 7) is 5.26. The van der Waals surface area contributed by atoms with Crippen molar-refractivity contribution in [3.63, 3.8) is 0 Å². The highest BCUT2D eigenvalue weighted by Crippen LogP contribution is 2.20. The molecule has 1 aromatic carbocycles. The largest absolute Gasteiger partial charge is 0.492 e. The molecular weight excluding hydrogens is 274 g/mol. The summed E-state index contributed by atoms with van der Waals surface area (Å²) in [5.41, 5.74) is 2.74. The summed E-state index contributed by atoms with van der Waals surface area (Å²) in [6.07, 6.45) is 7.32. The van der Waals surface area contributed by atoms with E-state index in [0.29, 0.717) is 25.0 Å². The summed E-state index contributed by atoms with van der Waals surface area (Å²) in [7, 11) is 0. The quantitative estimate of drug-likeness (QED) is 0.719. The van der Waals surface area contributed by atoms with Crippen LogP contribution in [0.2, 0.25) is 0 Å². The molecule has 118 valence electrons. The average molecular weight is 299 g/mol.